The summed E-state index contributed by atoms with van der Waals surface area (Å²) in [4.78, 5) is 21.4. The highest BCUT2D eigenvalue weighted by molar-refractivity contribution is 7.13. The van der Waals surface area contributed by atoms with E-state index in [1.807, 2.05) is 0 Å². The summed E-state index contributed by atoms with van der Waals surface area (Å²) in [5.41, 5.74) is 0.989. The largest absolute Gasteiger partial charge is 0.350 e. The van der Waals surface area contributed by atoms with Crippen LogP contribution in [-0.4, -0.2) is 49.0 Å². The molecule has 0 unspecified atom stereocenters. The van der Waals surface area contributed by atoms with Gasteiger partial charge < -0.3 is 15.1 Å². The molecule has 128 valence electrons. The third-order valence-corrected chi connectivity index (χ3v) is 5.83. The number of rotatable bonds is 6. The van der Waals surface area contributed by atoms with Crippen LogP contribution in [0.2, 0.25) is 0 Å². The molecular formula is C17H28N4OS. The Morgan fingerprint density at radius 3 is 2.96 bits per heavy atom. The van der Waals surface area contributed by atoms with E-state index >= 15 is 0 Å². The molecule has 2 saturated heterocycles. The predicted molar refractivity (Wildman–Crippen MR) is 94.9 cm³/mol. The van der Waals surface area contributed by atoms with Gasteiger partial charge in [-0.2, -0.15) is 0 Å². The molecule has 0 bridgehead atoms. The molecule has 0 aliphatic carbocycles. The lowest BCUT2D eigenvalue weighted by molar-refractivity contribution is -0.121. The summed E-state index contributed by atoms with van der Waals surface area (Å²) in [6.07, 6.45) is 6.71. The summed E-state index contributed by atoms with van der Waals surface area (Å²) in [6, 6.07) is 0. The van der Waals surface area contributed by atoms with Gasteiger partial charge in [0.2, 0.25) is 5.91 Å². The number of anilines is 1. The number of nitrogens with zero attached hydrogens (tertiary/aromatic N) is 3. The Labute approximate surface area is 143 Å². The van der Waals surface area contributed by atoms with Crippen molar-refractivity contribution >= 4 is 22.4 Å². The van der Waals surface area contributed by atoms with Crippen LogP contribution in [0.3, 0.4) is 0 Å². The molecule has 0 saturated carbocycles. The lowest BCUT2D eigenvalue weighted by Crippen LogP contribution is -2.33. The third-order valence-electron chi connectivity index (χ3n) is 4.88. The number of thiazole rings is 1. The van der Waals surface area contributed by atoms with Crippen molar-refractivity contribution in [3.8, 4) is 0 Å². The first-order chi connectivity index (χ1) is 11.2. The summed E-state index contributed by atoms with van der Waals surface area (Å²) in [5, 5.41) is 6.21. The second kappa shape index (κ2) is 8.11. The Balaban J connectivity index is 1.37. The fourth-order valence-electron chi connectivity index (χ4n) is 3.55. The van der Waals surface area contributed by atoms with Crippen LogP contribution in [0.4, 0.5) is 5.13 Å². The van der Waals surface area contributed by atoms with Gasteiger partial charge in [-0.05, 0) is 51.6 Å². The average Bonchev–Trinajstić information content (AvgIpc) is 3.22. The maximum atomic E-state index is 12.0. The molecule has 23 heavy (non-hydrogen) atoms. The molecule has 3 heterocycles. The van der Waals surface area contributed by atoms with Crippen LogP contribution < -0.4 is 10.2 Å². The summed E-state index contributed by atoms with van der Waals surface area (Å²) in [6.45, 7) is 5.14. The normalized spacial score (nSPS) is 22.5. The first kappa shape index (κ1) is 16.7. The first-order valence-corrected chi connectivity index (χ1v) is 9.73. The highest BCUT2D eigenvalue weighted by Gasteiger charge is 2.18. The van der Waals surface area contributed by atoms with E-state index in [0.717, 1.165) is 36.9 Å². The fraction of sp³-hybridized carbons (Fsp3) is 0.765. The Bertz CT molecular complexity index is 512. The van der Waals surface area contributed by atoms with Gasteiger partial charge in [0.15, 0.2) is 5.13 Å². The standard InChI is InChI=1S/C17H28N4OS/c1-20-8-4-5-14(12-20)6-7-16(22)18-11-15-13-23-17(19-15)21-9-2-3-10-21/h13-14H,2-12H2,1H3,(H,18,22)/t14-/m1/s1. The molecule has 1 aromatic heterocycles. The second-order valence-electron chi connectivity index (χ2n) is 6.90. The van der Waals surface area contributed by atoms with Gasteiger partial charge in [-0.15, -0.1) is 11.3 Å². The maximum absolute atomic E-state index is 12.0. The molecule has 1 N–H and O–H groups in total. The van der Waals surface area contributed by atoms with Gasteiger partial charge in [0, 0.05) is 31.4 Å². The van der Waals surface area contributed by atoms with Crippen molar-refractivity contribution in [1.82, 2.24) is 15.2 Å². The molecule has 1 amide bonds. The van der Waals surface area contributed by atoms with E-state index in [4.69, 9.17) is 0 Å². The van der Waals surface area contributed by atoms with Gasteiger partial charge in [0.25, 0.3) is 0 Å². The van der Waals surface area contributed by atoms with Crippen LogP contribution in [0.1, 0.15) is 44.2 Å². The van der Waals surface area contributed by atoms with Crippen molar-refractivity contribution in [1.29, 1.82) is 0 Å². The summed E-state index contributed by atoms with van der Waals surface area (Å²) in [5.74, 6) is 0.842. The quantitative estimate of drug-likeness (QED) is 0.867. The lowest BCUT2D eigenvalue weighted by atomic mass is 9.93. The Morgan fingerprint density at radius 2 is 2.17 bits per heavy atom. The lowest BCUT2D eigenvalue weighted by Gasteiger charge is -2.29. The van der Waals surface area contributed by atoms with Crippen LogP contribution >= 0.6 is 11.3 Å². The highest BCUT2D eigenvalue weighted by Crippen LogP contribution is 2.24. The van der Waals surface area contributed by atoms with Crippen LogP contribution in [0.5, 0.6) is 0 Å². The molecule has 5 nitrogen and oxygen atoms in total. The Hall–Kier alpha value is -1.14. The number of carbonyl (C=O) groups is 1. The molecule has 0 aromatic carbocycles. The summed E-state index contributed by atoms with van der Waals surface area (Å²) in [7, 11) is 2.17. The van der Waals surface area contributed by atoms with Gasteiger partial charge >= 0.3 is 0 Å². The van der Waals surface area contributed by atoms with E-state index in [1.165, 1.54) is 32.2 Å². The van der Waals surface area contributed by atoms with Crippen molar-refractivity contribution in [3.05, 3.63) is 11.1 Å². The van der Waals surface area contributed by atoms with Crippen molar-refractivity contribution in [3.63, 3.8) is 0 Å². The molecule has 2 aliphatic heterocycles. The number of amides is 1. The number of aromatic nitrogens is 1. The zero-order valence-electron chi connectivity index (χ0n) is 14.1. The fourth-order valence-corrected chi connectivity index (χ4v) is 4.43. The van der Waals surface area contributed by atoms with Crippen molar-refractivity contribution in [2.24, 2.45) is 5.92 Å². The molecule has 2 fully saturated rings. The van der Waals surface area contributed by atoms with E-state index in [9.17, 15) is 4.79 Å². The van der Waals surface area contributed by atoms with Gasteiger partial charge in [0.05, 0.1) is 12.2 Å². The number of carbonyl (C=O) groups excluding carboxylic acids is 1. The van der Waals surface area contributed by atoms with Gasteiger partial charge in [-0.3, -0.25) is 4.79 Å². The monoisotopic (exact) mass is 336 g/mol. The van der Waals surface area contributed by atoms with Crippen molar-refractivity contribution in [2.45, 2.75) is 45.1 Å². The minimum Gasteiger partial charge on any atom is -0.350 e. The van der Waals surface area contributed by atoms with E-state index in [2.05, 4.69) is 32.5 Å². The molecular weight excluding hydrogens is 308 g/mol. The minimum absolute atomic E-state index is 0.161. The molecule has 1 aromatic rings. The zero-order chi connectivity index (χ0) is 16.1. The molecule has 2 aliphatic rings. The number of hydrogen-bond acceptors (Lipinski definition) is 5. The van der Waals surface area contributed by atoms with Crippen LogP contribution in [0.25, 0.3) is 0 Å². The van der Waals surface area contributed by atoms with E-state index in [1.54, 1.807) is 11.3 Å². The topological polar surface area (TPSA) is 48.5 Å². The zero-order valence-corrected chi connectivity index (χ0v) is 14.9. The average molecular weight is 337 g/mol. The molecule has 3 rings (SSSR count). The predicted octanol–water partition coefficient (Wildman–Crippen LogP) is 2.48. The number of likely N-dealkylation sites (tertiary alicyclic amines) is 1. The van der Waals surface area contributed by atoms with Crippen molar-refractivity contribution < 1.29 is 4.79 Å². The van der Waals surface area contributed by atoms with Crippen LogP contribution in [-0.2, 0) is 11.3 Å². The molecule has 1 atom stereocenters. The van der Waals surface area contributed by atoms with E-state index in [0.29, 0.717) is 18.9 Å². The summed E-state index contributed by atoms with van der Waals surface area (Å²) >= 11 is 1.69. The minimum atomic E-state index is 0.161. The molecule has 0 radical (unpaired) electrons. The molecule has 0 spiro atoms. The number of nitrogens with one attached hydrogen (secondary N) is 1. The number of piperidine rings is 1. The SMILES string of the molecule is CN1CCC[C@H](CCC(=O)NCc2csc(N3CCCC3)n2)C1. The van der Waals surface area contributed by atoms with Gasteiger partial charge in [-0.1, -0.05) is 0 Å². The maximum Gasteiger partial charge on any atom is 0.220 e. The summed E-state index contributed by atoms with van der Waals surface area (Å²) < 4.78 is 0. The van der Waals surface area contributed by atoms with Crippen LogP contribution in [0, 0.1) is 5.92 Å². The Kier molecular flexibility index (Phi) is 5.89. The van der Waals surface area contributed by atoms with Crippen LogP contribution in [0.15, 0.2) is 5.38 Å². The van der Waals surface area contributed by atoms with Gasteiger partial charge in [0.1, 0.15) is 0 Å². The molecule has 6 heteroatoms. The second-order valence-corrected chi connectivity index (χ2v) is 7.74. The van der Waals surface area contributed by atoms with Gasteiger partial charge in [-0.25, -0.2) is 4.98 Å². The Morgan fingerprint density at radius 1 is 1.35 bits per heavy atom. The highest BCUT2D eigenvalue weighted by atomic mass is 32.1. The first-order valence-electron chi connectivity index (χ1n) is 8.85. The van der Waals surface area contributed by atoms with E-state index < -0.39 is 0 Å². The smallest absolute Gasteiger partial charge is 0.220 e. The van der Waals surface area contributed by atoms with Crippen molar-refractivity contribution in [2.75, 3.05) is 38.1 Å². The number of hydrogen-bond donors (Lipinski definition) is 1. The third kappa shape index (κ3) is 4.91. The van der Waals surface area contributed by atoms with E-state index in [-0.39, 0.29) is 5.91 Å².